The fraction of sp³-hybridized carbons (Fsp3) is 0.531. The molecule has 2 aliphatic rings. The van der Waals surface area contributed by atoms with Crippen molar-refractivity contribution in [2.45, 2.75) is 71.4 Å². The molecule has 4 rings (SSSR count). The molecule has 8 heteroatoms. The number of allylic oxidation sites excluding steroid dienone is 1. The van der Waals surface area contributed by atoms with E-state index >= 15 is 0 Å². The number of aryl methyl sites for hydroxylation is 1. The van der Waals surface area contributed by atoms with Crippen molar-refractivity contribution in [3.05, 3.63) is 70.3 Å². The Kier molecular flexibility index (Phi) is 11.5. The lowest BCUT2D eigenvalue weighted by molar-refractivity contribution is 0.0816. The van der Waals surface area contributed by atoms with Gasteiger partial charge in [0.2, 0.25) is 0 Å². The molecule has 0 N–H and O–H groups in total. The summed E-state index contributed by atoms with van der Waals surface area (Å²) in [6.45, 7) is 6.27. The van der Waals surface area contributed by atoms with Crippen molar-refractivity contribution in [2.75, 3.05) is 30.9 Å². The van der Waals surface area contributed by atoms with E-state index in [2.05, 4.69) is 40.5 Å². The number of fused-ring (bicyclic) bond motifs is 2. The summed E-state index contributed by atoms with van der Waals surface area (Å²) in [6.07, 6.45) is 11.0. The normalized spacial score (nSPS) is 26.0. The second-order valence-corrected chi connectivity index (χ2v) is 12.8. The van der Waals surface area contributed by atoms with Gasteiger partial charge in [-0.2, -0.15) is 4.36 Å². The third kappa shape index (κ3) is 8.34. The van der Waals surface area contributed by atoms with Gasteiger partial charge in [0.25, 0.3) is 5.91 Å². The molecule has 6 nitrogen and oxygen atoms in total. The van der Waals surface area contributed by atoms with Gasteiger partial charge in [-0.15, -0.1) is 0 Å². The van der Waals surface area contributed by atoms with Crippen LogP contribution in [0.15, 0.2) is 52.9 Å². The van der Waals surface area contributed by atoms with E-state index in [4.69, 9.17) is 21.1 Å². The monoisotopic (exact) mass is 586 g/mol. The first-order chi connectivity index (χ1) is 19.4. The van der Waals surface area contributed by atoms with Gasteiger partial charge in [-0.05, 0) is 91.8 Å². The molecular weight excluding hydrogens is 544 g/mol. The van der Waals surface area contributed by atoms with Crippen molar-refractivity contribution in [2.24, 2.45) is 16.2 Å². The number of carbonyl (C=O) groups is 1. The zero-order chi connectivity index (χ0) is 28.5. The summed E-state index contributed by atoms with van der Waals surface area (Å²) < 4.78 is 29.2. The van der Waals surface area contributed by atoms with E-state index in [0.717, 1.165) is 68.0 Å². The molecule has 2 aliphatic heterocycles. The highest BCUT2D eigenvalue weighted by molar-refractivity contribution is 7.75. The maximum atomic E-state index is 13.1. The number of hydrogen-bond acceptors (Lipinski definition) is 5. The van der Waals surface area contributed by atoms with Gasteiger partial charge in [0.05, 0.1) is 18.4 Å². The van der Waals surface area contributed by atoms with Gasteiger partial charge >= 0.3 is 0 Å². The molecule has 1 unspecified atom stereocenters. The Hall–Kier alpha value is -2.35. The molecule has 0 spiro atoms. The largest absolute Gasteiger partial charge is 0.491 e. The van der Waals surface area contributed by atoms with Crippen molar-refractivity contribution in [1.82, 2.24) is 0 Å². The number of amides is 1. The van der Waals surface area contributed by atoms with Crippen LogP contribution in [-0.2, 0) is 28.3 Å². The standard InChI is InChI=1S/C32H43ClN2O4S/c1-4-8-24-16-17-35-21-27-12-14-28(33)19-25(27)10-5-6-18-39-31-15-13-26(20-29(31)35)32(36)34-40(37)22-23(2)9-7-11-30(24)38-3/h7,11-15,19-20,23-24,30,40H,4-6,8-10,16-18,21-22H2,1-3H3/b11-7+/t23-,24+,30-/m0/s1. The van der Waals surface area contributed by atoms with E-state index in [1.807, 2.05) is 25.1 Å². The van der Waals surface area contributed by atoms with Gasteiger partial charge in [-0.1, -0.05) is 50.1 Å². The van der Waals surface area contributed by atoms with E-state index in [9.17, 15) is 9.00 Å². The summed E-state index contributed by atoms with van der Waals surface area (Å²) in [5.74, 6) is 1.17. The maximum Gasteiger partial charge on any atom is 0.284 e. The summed E-state index contributed by atoms with van der Waals surface area (Å²) in [6, 6.07) is 11.6. The lowest BCUT2D eigenvalue weighted by Crippen LogP contribution is -2.30. The van der Waals surface area contributed by atoms with Gasteiger partial charge < -0.3 is 14.4 Å². The number of anilines is 1. The van der Waals surface area contributed by atoms with Crippen LogP contribution >= 0.6 is 11.6 Å². The molecule has 2 aromatic carbocycles. The number of methoxy groups -OCH3 is 1. The fourth-order valence-electron chi connectivity index (χ4n) is 5.67. The van der Waals surface area contributed by atoms with Gasteiger partial charge in [-0.25, -0.2) is 0 Å². The molecular formula is C32H43ClN2O4S. The minimum absolute atomic E-state index is 0.00262. The van der Waals surface area contributed by atoms with E-state index in [1.165, 1.54) is 11.1 Å². The molecule has 1 amide bonds. The molecule has 0 saturated heterocycles. The van der Waals surface area contributed by atoms with E-state index < -0.39 is 16.5 Å². The Labute approximate surface area is 246 Å². The molecule has 0 saturated carbocycles. The Balaban J connectivity index is 1.82. The van der Waals surface area contributed by atoms with Crippen molar-refractivity contribution >= 4 is 33.8 Å². The van der Waals surface area contributed by atoms with Crippen LogP contribution in [0.5, 0.6) is 5.75 Å². The van der Waals surface area contributed by atoms with Gasteiger partial charge in [0.1, 0.15) is 5.75 Å². The third-order valence-electron chi connectivity index (χ3n) is 7.87. The predicted molar refractivity (Wildman–Crippen MR) is 165 cm³/mol. The van der Waals surface area contributed by atoms with Crippen LogP contribution < -0.4 is 9.64 Å². The second-order valence-electron chi connectivity index (χ2n) is 11.1. The maximum absolute atomic E-state index is 13.1. The van der Waals surface area contributed by atoms with Crippen LogP contribution in [0.3, 0.4) is 0 Å². The first-order valence-electron chi connectivity index (χ1n) is 14.6. The second kappa shape index (κ2) is 15.0. The number of ether oxygens (including phenoxy) is 2. The zero-order valence-electron chi connectivity index (χ0n) is 24.0. The number of halogens is 1. The lowest BCUT2D eigenvalue weighted by Gasteiger charge is -2.31. The number of rotatable bonds is 3. The molecule has 2 bridgehead atoms. The number of benzene rings is 2. The average molecular weight is 587 g/mol. The van der Waals surface area contributed by atoms with Crippen molar-refractivity contribution < 1.29 is 18.5 Å². The highest BCUT2D eigenvalue weighted by Gasteiger charge is 2.23. The molecule has 2 aromatic rings. The summed E-state index contributed by atoms with van der Waals surface area (Å²) >= 11 is 6.40. The number of carbonyl (C=O) groups excluding carboxylic acids is 1. The lowest BCUT2D eigenvalue weighted by atomic mass is 9.92. The quantitative estimate of drug-likeness (QED) is 0.302. The van der Waals surface area contributed by atoms with Gasteiger partial charge in [0.15, 0.2) is 0 Å². The van der Waals surface area contributed by atoms with Crippen LogP contribution in [0.4, 0.5) is 5.69 Å². The molecule has 0 fully saturated rings. The molecule has 40 heavy (non-hydrogen) atoms. The van der Waals surface area contributed by atoms with Crippen LogP contribution in [0, 0.1) is 11.8 Å². The molecule has 218 valence electrons. The summed E-state index contributed by atoms with van der Waals surface area (Å²) in [5, 5.41) is 0.744. The van der Waals surface area contributed by atoms with E-state index in [-0.39, 0.29) is 12.0 Å². The van der Waals surface area contributed by atoms with Crippen molar-refractivity contribution in [3.63, 3.8) is 0 Å². The highest BCUT2D eigenvalue weighted by atomic mass is 35.5. The molecule has 0 aromatic heterocycles. The summed E-state index contributed by atoms with van der Waals surface area (Å²) in [7, 11) is -0.219. The zero-order valence-corrected chi connectivity index (χ0v) is 25.6. The van der Waals surface area contributed by atoms with Crippen LogP contribution in [0.2, 0.25) is 5.02 Å². The van der Waals surface area contributed by atoms with E-state index in [0.29, 0.717) is 30.4 Å². The first-order valence-corrected chi connectivity index (χ1v) is 16.3. The average Bonchev–Trinajstić information content (AvgIpc) is 2.96. The third-order valence-corrected chi connectivity index (χ3v) is 9.45. The number of thiol groups is 1. The minimum Gasteiger partial charge on any atom is -0.491 e. The molecule has 0 aliphatic carbocycles. The summed E-state index contributed by atoms with van der Waals surface area (Å²) in [4.78, 5) is 15.5. The van der Waals surface area contributed by atoms with Crippen molar-refractivity contribution in [1.29, 1.82) is 0 Å². The van der Waals surface area contributed by atoms with Crippen LogP contribution in [0.1, 0.15) is 73.9 Å². The predicted octanol–water partition coefficient (Wildman–Crippen LogP) is 7.28. The van der Waals surface area contributed by atoms with Crippen LogP contribution in [-0.4, -0.2) is 42.2 Å². The number of hydrogen-bond donors (Lipinski definition) is 1. The first kappa shape index (κ1) is 30.6. The molecule has 0 radical (unpaired) electrons. The molecule has 2 heterocycles. The van der Waals surface area contributed by atoms with Gasteiger partial charge in [-0.3, -0.25) is 9.00 Å². The Morgan fingerprint density at radius 2 is 2.02 bits per heavy atom. The Bertz CT molecular complexity index is 1270. The van der Waals surface area contributed by atoms with Crippen molar-refractivity contribution in [3.8, 4) is 5.75 Å². The summed E-state index contributed by atoms with van der Waals surface area (Å²) in [5.41, 5.74) is 3.76. The Morgan fingerprint density at radius 3 is 2.83 bits per heavy atom. The topological polar surface area (TPSA) is 68.2 Å². The van der Waals surface area contributed by atoms with E-state index in [1.54, 1.807) is 13.2 Å². The highest BCUT2D eigenvalue weighted by Crippen LogP contribution is 2.34. The van der Waals surface area contributed by atoms with Crippen LogP contribution in [0.25, 0.3) is 0 Å². The fourth-order valence-corrected chi connectivity index (χ4v) is 6.95. The Morgan fingerprint density at radius 1 is 1.18 bits per heavy atom. The number of nitrogens with zero attached hydrogens (tertiary/aromatic N) is 2. The SMILES string of the molecule is CCC[C@@H]1CCN2Cc3ccc(Cl)cc3CCCCOc3ccc(cc32)C(=O)/N=[SH](=O)\C[C@@H](C)C/C=C/[C@@H]1OC. The molecule has 4 atom stereocenters. The minimum atomic E-state index is -2.00. The van der Waals surface area contributed by atoms with Gasteiger partial charge in [0, 0.05) is 47.1 Å². The smallest absolute Gasteiger partial charge is 0.284 e.